The van der Waals surface area contributed by atoms with Crippen molar-refractivity contribution in [2.45, 2.75) is 25.4 Å². The highest BCUT2D eigenvalue weighted by Crippen LogP contribution is 2.23. The van der Waals surface area contributed by atoms with Crippen molar-refractivity contribution >= 4 is 17.0 Å². The van der Waals surface area contributed by atoms with Crippen LogP contribution in [0.2, 0.25) is 0 Å². The molecule has 1 unspecified atom stereocenters. The van der Waals surface area contributed by atoms with Gasteiger partial charge >= 0.3 is 0 Å². The van der Waals surface area contributed by atoms with Crippen molar-refractivity contribution in [2.75, 3.05) is 25.6 Å². The van der Waals surface area contributed by atoms with E-state index in [0.717, 1.165) is 24.8 Å². The van der Waals surface area contributed by atoms with E-state index in [9.17, 15) is 0 Å². The summed E-state index contributed by atoms with van der Waals surface area (Å²) >= 11 is 0. The van der Waals surface area contributed by atoms with Gasteiger partial charge in [-0.2, -0.15) is 15.1 Å². The molecule has 0 aromatic carbocycles. The lowest BCUT2D eigenvalue weighted by atomic mass is 10.1. The number of fused-ring (bicyclic) bond motifs is 1. The normalized spacial score (nSPS) is 19.5. The van der Waals surface area contributed by atoms with Gasteiger partial charge in [0.1, 0.15) is 12.0 Å². The summed E-state index contributed by atoms with van der Waals surface area (Å²) in [6.45, 7) is 1.33. The first-order chi connectivity index (χ1) is 9.36. The maximum absolute atomic E-state index is 5.78. The zero-order chi connectivity index (χ0) is 13.1. The van der Waals surface area contributed by atoms with Gasteiger partial charge in [-0.05, 0) is 19.3 Å². The standard InChI is InChI=1S/C12H17N5O2/c1-13-12-15-10-9(6-14-17-10)11(16-12)19-7-8-4-2-3-5-18-8/h6,8H,2-5,7H2,1H3,(H2,13,14,15,16,17). The second kappa shape index (κ2) is 5.40. The van der Waals surface area contributed by atoms with Gasteiger partial charge in [0.25, 0.3) is 0 Å². The van der Waals surface area contributed by atoms with Crippen molar-refractivity contribution < 1.29 is 9.47 Å². The van der Waals surface area contributed by atoms with Gasteiger partial charge < -0.3 is 14.8 Å². The summed E-state index contributed by atoms with van der Waals surface area (Å²) in [4.78, 5) is 8.57. The number of aromatic amines is 1. The molecule has 0 radical (unpaired) electrons. The molecule has 1 atom stereocenters. The topological polar surface area (TPSA) is 85.0 Å². The van der Waals surface area contributed by atoms with Gasteiger partial charge in [-0.1, -0.05) is 0 Å². The number of nitrogens with one attached hydrogen (secondary N) is 2. The molecule has 0 amide bonds. The zero-order valence-corrected chi connectivity index (χ0v) is 10.8. The molecule has 1 aliphatic rings. The van der Waals surface area contributed by atoms with Crippen molar-refractivity contribution in [2.24, 2.45) is 0 Å². The van der Waals surface area contributed by atoms with Crippen LogP contribution in [0.1, 0.15) is 19.3 Å². The second-order valence-corrected chi connectivity index (χ2v) is 4.53. The summed E-state index contributed by atoms with van der Waals surface area (Å²) < 4.78 is 11.4. The molecule has 0 spiro atoms. The third kappa shape index (κ3) is 2.60. The van der Waals surface area contributed by atoms with Crippen LogP contribution in [0.3, 0.4) is 0 Å². The Kier molecular flexibility index (Phi) is 3.45. The van der Waals surface area contributed by atoms with Crippen LogP contribution in [0.5, 0.6) is 5.88 Å². The van der Waals surface area contributed by atoms with Gasteiger partial charge in [-0.25, -0.2) is 0 Å². The molecule has 2 aromatic heterocycles. The molecule has 1 fully saturated rings. The molecule has 7 nitrogen and oxygen atoms in total. The monoisotopic (exact) mass is 263 g/mol. The van der Waals surface area contributed by atoms with E-state index in [1.807, 2.05) is 0 Å². The summed E-state index contributed by atoms with van der Waals surface area (Å²) in [6, 6.07) is 0. The minimum Gasteiger partial charge on any atom is -0.474 e. The van der Waals surface area contributed by atoms with Gasteiger partial charge in [0, 0.05) is 13.7 Å². The molecule has 19 heavy (non-hydrogen) atoms. The number of ether oxygens (including phenoxy) is 2. The average Bonchev–Trinajstić information content (AvgIpc) is 2.94. The van der Waals surface area contributed by atoms with Crippen LogP contribution in [-0.2, 0) is 4.74 Å². The van der Waals surface area contributed by atoms with Crippen LogP contribution < -0.4 is 10.1 Å². The van der Waals surface area contributed by atoms with E-state index in [1.165, 1.54) is 6.42 Å². The van der Waals surface area contributed by atoms with Crippen LogP contribution in [-0.4, -0.2) is 46.5 Å². The first-order valence-corrected chi connectivity index (χ1v) is 6.50. The SMILES string of the molecule is CNc1nc(OCC2CCCCO2)c2cn[nH]c2n1. The van der Waals surface area contributed by atoms with E-state index in [1.54, 1.807) is 13.2 Å². The molecule has 0 bridgehead atoms. The fourth-order valence-corrected chi connectivity index (χ4v) is 2.14. The predicted molar refractivity (Wildman–Crippen MR) is 70.3 cm³/mol. The molecule has 7 heteroatoms. The van der Waals surface area contributed by atoms with E-state index < -0.39 is 0 Å². The molecule has 2 aromatic rings. The van der Waals surface area contributed by atoms with Crippen molar-refractivity contribution in [1.29, 1.82) is 0 Å². The number of H-pyrrole nitrogens is 1. The van der Waals surface area contributed by atoms with Crippen molar-refractivity contribution in [3.8, 4) is 5.88 Å². The fourth-order valence-electron chi connectivity index (χ4n) is 2.14. The molecule has 2 N–H and O–H groups in total. The van der Waals surface area contributed by atoms with Gasteiger partial charge in [0.15, 0.2) is 5.65 Å². The summed E-state index contributed by atoms with van der Waals surface area (Å²) in [6.07, 6.45) is 5.20. The molecular weight excluding hydrogens is 246 g/mol. The van der Waals surface area contributed by atoms with Gasteiger partial charge in [0.05, 0.1) is 12.3 Å². The van der Waals surface area contributed by atoms with E-state index >= 15 is 0 Å². The Morgan fingerprint density at radius 1 is 1.47 bits per heavy atom. The Balaban J connectivity index is 1.77. The first-order valence-electron chi connectivity index (χ1n) is 6.50. The summed E-state index contributed by atoms with van der Waals surface area (Å²) in [7, 11) is 1.77. The van der Waals surface area contributed by atoms with Gasteiger partial charge in [-0.15, -0.1) is 0 Å². The second-order valence-electron chi connectivity index (χ2n) is 4.53. The largest absolute Gasteiger partial charge is 0.474 e. The van der Waals surface area contributed by atoms with E-state index in [-0.39, 0.29) is 6.10 Å². The molecule has 0 saturated carbocycles. The van der Waals surface area contributed by atoms with Crippen molar-refractivity contribution in [3.05, 3.63) is 6.20 Å². The highest BCUT2D eigenvalue weighted by atomic mass is 16.5. The van der Waals surface area contributed by atoms with E-state index in [0.29, 0.717) is 24.1 Å². The highest BCUT2D eigenvalue weighted by Gasteiger charge is 2.16. The average molecular weight is 263 g/mol. The van der Waals surface area contributed by atoms with Crippen LogP contribution in [0, 0.1) is 0 Å². The van der Waals surface area contributed by atoms with Crippen LogP contribution >= 0.6 is 0 Å². The highest BCUT2D eigenvalue weighted by molar-refractivity contribution is 5.80. The van der Waals surface area contributed by atoms with E-state index in [2.05, 4.69) is 25.5 Å². The quantitative estimate of drug-likeness (QED) is 0.866. The molecule has 0 aliphatic carbocycles. The molecule has 102 valence electrons. The van der Waals surface area contributed by atoms with Crippen molar-refractivity contribution in [1.82, 2.24) is 20.2 Å². The molecule has 1 aliphatic heterocycles. The fraction of sp³-hybridized carbons (Fsp3) is 0.583. The van der Waals surface area contributed by atoms with Gasteiger partial charge in [0.2, 0.25) is 11.8 Å². The summed E-state index contributed by atoms with van der Waals surface area (Å²) in [5, 5.41) is 10.5. The molecule has 1 saturated heterocycles. The Hall–Kier alpha value is -1.89. The third-order valence-corrected chi connectivity index (χ3v) is 3.18. The predicted octanol–water partition coefficient (Wildman–Crippen LogP) is 1.34. The Morgan fingerprint density at radius 3 is 3.21 bits per heavy atom. The maximum atomic E-state index is 5.78. The van der Waals surface area contributed by atoms with Crippen LogP contribution in [0.15, 0.2) is 6.20 Å². The molecular formula is C12H17N5O2. The minimum absolute atomic E-state index is 0.156. The Morgan fingerprint density at radius 2 is 2.42 bits per heavy atom. The van der Waals surface area contributed by atoms with Crippen LogP contribution in [0.25, 0.3) is 11.0 Å². The molecule has 3 heterocycles. The lowest BCUT2D eigenvalue weighted by Gasteiger charge is -2.22. The number of hydrogen-bond acceptors (Lipinski definition) is 6. The summed E-state index contributed by atoms with van der Waals surface area (Å²) in [5.74, 6) is 1.05. The Labute approximate surface area is 110 Å². The molecule has 3 rings (SSSR count). The minimum atomic E-state index is 0.156. The summed E-state index contributed by atoms with van der Waals surface area (Å²) in [5.41, 5.74) is 0.666. The number of hydrogen-bond donors (Lipinski definition) is 2. The number of rotatable bonds is 4. The smallest absolute Gasteiger partial charge is 0.229 e. The lowest BCUT2D eigenvalue weighted by molar-refractivity contribution is -0.0116. The maximum Gasteiger partial charge on any atom is 0.229 e. The number of aromatic nitrogens is 4. The number of nitrogens with zero attached hydrogens (tertiary/aromatic N) is 3. The Bertz CT molecular complexity index is 550. The first kappa shape index (κ1) is 12.2. The van der Waals surface area contributed by atoms with Gasteiger partial charge in [-0.3, -0.25) is 5.10 Å². The zero-order valence-electron chi connectivity index (χ0n) is 10.8. The lowest BCUT2D eigenvalue weighted by Crippen LogP contribution is -2.26. The van der Waals surface area contributed by atoms with Crippen molar-refractivity contribution in [3.63, 3.8) is 0 Å². The number of anilines is 1. The van der Waals surface area contributed by atoms with Crippen LogP contribution in [0.4, 0.5) is 5.95 Å². The van der Waals surface area contributed by atoms with E-state index in [4.69, 9.17) is 9.47 Å². The third-order valence-electron chi connectivity index (χ3n) is 3.18.